The van der Waals surface area contributed by atoms with Gasteiger partial charge in [-0.1, -0.05) is 12.1 Å². The van der Waals surface area contributed by atoms with Gasteiger partial charge in [0, 0.05) is 18.3 Å². The molecule has 7 nitrogen and oxygen atoms in total. The van der Waals surface area contributed by atoms with E-state index in [0.717, 1.165) is 23.2 Å². The first kappa shape index (κ1) is 20.5. The lowest BCUT2D eigenvalue weighted by Crippen LogP contribution is -2.24. The van der Waals surface area contributed by atoms with Crippen molar-refractivity contribution in [2.75, 3.05) is 4.72 Å². The first-order valence-corrected chi connectivity index (χ1v) is 10.9. The minimum absolute atomic E-state index is 0.0104. The van der Waals surface area contributed by atoms with Gasteiger partial charge in [0.2, 0.25) is 0 Å². The first-order valence-electron chi connectivity index (χ1n) is 9.40. The molecule has 1 aromatic heterocycles. The van der Waals surface area contributed by atoms with Crippen LogP contribution in [0.15, 0.2) is 77.7 Å². The highest BCUT2D eigenvalue weighted by Crippen LogP contribution is 2.18. The van der Waals surface area contributed by atoms with Gasteiger partial charge < -0.3 is 9.88 Å². The van der Waals surface area contributed by atoms with Crippen molar-refractivity contribution in [3.05, 3.63) is 90.0 Å². The summed E-state index contributed by atoms with van der Waals surface area (Å²) in [7, 11) is -1.98. The SMILES string of the molecule is Cn1c(CNC(=O)c2ccc(S(=O)(=O)Nc3ccc(F)cc3)cc2)nc2ccccc21. The number of rotatable bonds is 6. The fourth-order valence-corrected chi connectivity index (χ4v) is 4.19. The lowest BCUT2D eigenvalue weighted by atomic mass is 10.2. The van der Waals surface area contributed by atoms with Crippen LogP contribution in [0.4, 0.5) is 10.1 Å². The molecule has 0 bridgehead atoms. The van der Waals surface area contributed by atoms with E-state index in [0.29, 0.717) is 11.4 Å². The lowest BCUT2D eigenvalue weighted by Gasteiger charge is -2.09. The molecule has 0 aliphatic heterocycles. The molecular weight excluding hydrogens is 419 g/mol. The number of aromatic nitrogens is 2. The number of imidazole rings is 1. The van der Waals surface area contributed by atoms with Gasteiger partial charge in [-0.15, -0.1) is 0 Å². The van der Waals surface area contributed by atoms with Crippen LogP contribution in [0.3, 0.4) is 0 Å². The third-order valence-electron chi connectivity index (χ3n) is 4.81. The van der Waals surface area contributed by atoms with Crippen LogP contribution in [-0.2, 0) is 23.6 Å². The van der Waals surface area contributed by atoms with E-state index in [1.54, 1.807) is 0 Å². The van der Waals surface area contributed by atoms with Crippen LogP contribution in [-0.4, -0.2) is 23.9 Å². The number of sulfonamides is 1. The van der Waals surface area contributed by atoms with E-state index in [2.05, 4.69) is 15.0 Å². The van der Waals surface area contributed by atoms with Gasteiger partial charge in [-0.2, -0.15) is 0 Å². The standard InChI is InChI=1S/C22H19FN4O3S/c1-27-20-5-3-2-4-19(20)25-21(27)14-24-22(28)15-6-12-18(13-7-15)31(29,30)26-17-10-8-16(23)9-11-17/h2-13,26H,14H2,1H3,(H,24,28). The summed E-state index contributed by atoms with van der Waals surface area (Å²) in [6, 6.07) is 18.2. The molecule has 0 fully saturated rings. The van der Waals surface area contributed by atoms with Crippen molar-refractivity contribution < 1.29 is 17.6 Å². The Bertz CT molecular complexity index is 1350. The van der Waals surface area contributed by atoms with E-state index in [4.69, 9.17) is 0 Å². The number of amides is 1. The molecule has 0 saturated heterocycles. The van der Waals surface area contributed by atoms with E-state index in [1.807, 2.05) is 35.9 Å². The summed E-state index contributed by atoms with van der Waals surface area (Å²) in [4.78, 5) is 17.0. The second-order valence-corrected chi connectivity index (χ2v) is 8.58. The zero-order chi connectivity index (χ0) is 22.0. The Kier molecular flexibility index (Phi) is 5.43. The van der Waals surface area contributed by atoms with Crippen LogP contribution >= 0.6 is 0 Å². The second kappa shape index (κ2) is 8.19. The van der Waals surface area contributed by atoms with Gasteiger partial charge in [0.05, 0.1) is 22.5 Å². The normalized spacial score (nSPS) is 11.4. The second-order valence-electron chi connectivity index (χ2n) is 6.90. The van der Waals surface area contributed by atoms with Crippen LogP contribution in [0, 0.1) is 5.82 Å². The molecule has 1 heterocycles. The van der Waals surface area contributed by atoms with Crippen LogP contribution in [0.5, 0.6) is 0 Å². The average Bonchev–Trinajstić information content (AvgIpc) is 3.09. The third kappa shape index (κ3) is 4.41. The Balaban J connectivity index is 1.43. The summed E-state index contributed by atoms with van der Waals surface area (Å²) in [5, 5.41) is 2.80. The van der Waals surface area contributed by atoms with Crippen LogP contribution in [0.25, 0.3) is 11.0 Å². The van der Waals surface area contributed by atoms with Crippen LogP contribution in [0.1, 0.15) is 16.2 Å². The molecule has 0 aliphatic carbocycles. The van der Waals surface area contributed by atoms with Crippen molar-refractivity contribution in [3.63, 3.8) is 0 Å². The number of carbonyl (C=O) groups excluding carboxylic acids is 1. The Morgan fingerprint density at radius 1 is 1.00 bits per heavy atom. The van der Waals surface area contributed by atoms with Gasteiger partial charge in [-0.3, -0.25) is 9.52 Å². The monoisotopic (exact) mass is 438 g/mol. The maximum atomic E-state index is 13.0. The molecule has 0 unspecified atom stereocenters. The summed E-state index contributed by atoms with van der Waals surface area (Å²) in [5.41, 5.74) is 2.37. The van der Waals surface area contributed by atoms with Gasteiger partial charge in [-0.25, -0.2) is 17.8 Å². The van der Waals surface area contributed by atoms with Gasteiger partial charge in [-0.05, 0) is 60.7 Å². The van der Waals surface area contributed by atoms with Crippen molar-refractivity contribution >= 4 is 32.7 Å². The number of nitrogens with one attached hydrogen (secondary N) is 2. The molecule has 9 heteroatoms. The molecule has 4 aromatic rings. The van der Waals surface area contributed by atoms with Crippen molar-refractivity contribution in [2.24, 2.45) is 7.05 Å². The number of halogens is 1. The molecule has 158 valence electrons. The number of aryl methyl sites for hydroxylation is 1. The highest BCUT2D eigenvalue weighted by Gasteiger charge is 2.16. The van der Waals surface area contributed by atoms with Crippen molar-refractivity contribution in [3.8, 4) is 0 Å². The molecular formula is C22H19FN4O3S. The van der Waals surface area contributed by atoms with Gasteiger partial charge >= 0.3 is 0 Å². The Morgan fingerprint density at radius 3 is 2.35 bits per heavy atom. The smallest absolute Gasteiger partial charge is 0.261 e. The van der Waals surface area contributed by atoms with E-state index in [9.17, 15) is 17.6 Å². The summed E-state index contributed by atoms with van der Waals surface area (Å²) >= 11 is 0. The number of para-hydroxylation sites is 2. The summed E-state index contributed by atoms with van der Waals surface area (Å²) in [6.45, 7) is 0.232. The molecule has 31 heavy (non-hydrogen) atoms. The predicted octanol–water partition coefficient (Wildman–Crippen LogP) is 3.44. The maximum absolute atomic E-state index is 13.0. The van der Waals surface area contributed by atoms with Gasteiger partial charge in [0.15, 0.2) is 0 Å². The fraction of sp³-hybridized carbons (Fsp3) is 0.0909. The van der Waals surface area contributed by atoms with Crippen molar-refractivity contribution in [1.29, 1.82) is 0 Å². The molecule has 0 atom stereocenters. The first-order chi connectivity index (χ1) is 14.8. The van der Waals surface area contributed by atoms with E-state index in [1.165, 1.54) is 36.4 Å². The molecule has 1 amide bonds. The maximum Gasteiger partial charge on any atom is 0.261 e. The van der Waals surface area contributed by atoms with Crippen LogP contribution < -0.4 is 10.0 Å². The van der Waals surface area contributed by atoms with Crippen molar-refractivity contribution in [2.45, 2.75) is 11.4 Å². The number of hydrogen-bond donors (Lipinski definition) is 2. The number of carbonyl (C=O) groups is 1. The summed E-state index contributed by atoms with van der Waals surface area (Å²) < 4.78 is 42.2. The Hall–Kier alpha value is -3.72. The molecule has 0 saturated carbocycles. The summed E-state index contributed by atoms with van der Waals surface area (Å²) in [5.74, 6) is -0.100. The minimum atomic E-state index is -3.86. The van der Waals surface area contributed by atoms with E-state index < -0.39 is 15.8 Å². The molecule has 3 aromatic carbocycles. The highest BCUT2D eigenvalue weighted by molar-refractivity contribution is 7.92. The van der Waals surface area contributed by atoms with Crippen LogP contribution in [0.2, 0.25) is 0 Å². The van der Waals surface area contributed by atoms with Gasteiger partial charge in [0.1, 0.15) is 11.6 Å². The average molecular weight is 438 g/mol. The molecule has 4 rings (SSSR count). The zero-order valence-electron chi connectivity index (χ0n) is 16.5. The Morgan fingerprint density at radius 2 is 1.68 bits per heavy atom. The molecule has 0 radical (unpaired) electrons. The topological polar surface area (TPSA) is 93.1 Å². The van der Waals surface area contributed by atoms with Crippen molar-refractivity contribution in [1.82, 2.24) is 14.9 Å². The van der Waals surface area contributed by atoms with E-state index in [-0.39, 0.29) is 23.0 Å². The number of nitrogens with zero attached hydrogens (tertiary/aromatic N) is 2. The third-order valence-corrected chi connectivity index (χ3v) is 6.21. The number of hydrogen-bond acceptors (Lipinski definition) is 4. The lowest BCUT2D eigenvalue weighted by molar-refractivity contribution is 0.0949. The molecule has 0 aliphatic rings. The van der Waals surface area contributed by atoms with E-state index >= 15 is 0 Å². The molecule has 0 spiro atoms. The fourth-order valence-electron chi connectivity index (χ4n) is 3.13. The minimum Gasteiger partial charge on any atom is -0.345 e. The summed E-state index contributed by atoms with van der Waals surface area (Å²) in [6.07, 6.45) is 0. The number of fused-ring (bicyclic) bond motifs is 1. The number of anilines is 1. The number of benzene rings is 3. The largest absolute Gasteiger partial charge is 0.345 e. The predicted molar refractivity (Wildman–Crippen MR) is 116 cm³/mol. The quantitative estimate of drug-likeness (QED) is 0.482. The Labute approximate surface area is 178 Å². The zero-order valence-corrected chi connectivity index (χ0v) is 17.4. The molecule has 2 N–H and O–H groups in total. The van der Waals surface area contributed by atoms with Gasteiger partial charge in [0.25, 0.3) is 15.9 Å². The highest BCUT2D eigenvalue weighted by atomic mass is 32.2.